The molecule has 2 heterocycles. The molecule has 0 spiro atoms. The van der Waals surface area contributed by atoms with Crippen LogP contribution in [0.15, 0.2) is 97.4 Å². The Balaban J connectivity index is 0.000000178. The highest BCUT2D eigenvalue weighted by molar-refractivity contribution is 5.63. The molecule has 0 unspecified atom stereocenters. The minimum atomic E-state index is -0.294. The van der Waals surface area contributed by atoms with Crippen LogP contribution in [0, 0.1) is 34.3 Å². The standard InChI is InChI=1S/2C22H25FN2O.CH4/c2*1-3-4-5-21(26)19-11-6-16-12-20-15(13-22(16,19)2)14-24-25(20)18-9-7-17(23)8-10-18;/h2*3,7-10,12,14,19,21,26H,1,4-6,11,13H2,2H3;1H4/t19-,21+,22+;19-,21-,22+;/m11./s1. The van der Waals surface area contributed by atoms with Crippen LogP contribution in [0.25, 0.3) is 23.5 Å². The number of rotatable bonds is 10. The molecule has 2 aromatic heterocycles. The number of aromatic nitrogens is 4. The van der Waals surface area contributed by atoms with Gasteiger partial charge in [0.15, 0.2) is 0 Å². The first-order valence-corrected chi connectivity index (χ1v) is 18.7. The summed E-state index contributed by atoms with van der Waals surface area (Å²) >= 11 is 0. The van der Waals surface area contributed by atoms with Crippen LogP contribution in [0.5, 0.6) is 0 Å². The van der Waals surface area contributed by atoms with Crippen LogP contribution >= 0.6 is 0 Å². The minimum absolute atomic E-state index is 0. The number of halogens is 2. The SMILES string of the molecule is C.C=CCC[C@@H](O)[C@H]1CCC2=Cc3c(cnn3-c3ccc(F)cc3)C[C@@]21C.C=CCC[C@H](O)[C@H]1CCC2=Cc3c(cnn3-c3ccc(F)cc3)C[C@@]21C. The summed E-state index contributed by atoms with van der Waals surface area (Å²) in [5.74, 6) is 0.0627. The van der Waals surface area contributed by atoms with Crippen molar-refractivity contribution in [3.05, 3.63) is 132 Å². The van der Waals surface area contributed by atoms with Gasteiger partial charge in [-0.15, -0.1) is 13.2 Å². The first-order chi connectivity index (χ1) is 25.1. The van der Waals surface area contributed by atoms with Crippen molar-refractivity contribution in [2.75, 3.05) is 0 Å². The molecule has 2 N–H and O–H groups in total. The highest BCUT2D eigenvalue weighted by Crippen LogP contribution is 2.56. The van der Waals surface area contributed by atoms with Crippen LogP contribution in [0.2, 0.25) is 0 Å². The van der Waals surface area contributed by atoms with E-state index in [-0.39, 0.29) is 53.9 Å². The summed E-state index contributed by atoms with van der Waals surface area (Å²) in [7, 11) is 0. The fraction of sp³-hybridized carbons (Fsp3) is 0.422. The Kier molecular flexibility index (Phi) is 11.2. The molecule has 0 amide bonds. The van der Waals surface area contributed by atoms with Crippen molar-refractivity contribution in [1.29, 1.82) is 0 Å². The van der Waals surface area contributed by atoms with E-state index in [1.54, 1.807) is 24.3 Å². The molecule has 0 aliphatic heterocycles. The van der Waals surface area contributed by atoms with Gasteiger partial charge in [0, 0.05) is 0 Å². The Morgan fingerprint density at radius 2 is 1.09 bits per heavy atom. The molecule has 2 aromatic carbocycles. The molecule has 0 saturated heterocycles. The third kappa shape index (κ3) is 7.16. The summed E-state index contributed by atoms with van der Waals surface area (Å²) in [6, 6.07) is 12.9. The third-order valence-corrected chi connectivity index (χ3v) is 12.5. The van der Waals surface area contributed by atoms with Crippen LogP contribution in [-0.4, -0.2) is 42.0 Å². The smallest absolute Gasteiger partial charge is 0.123 e. The number of nitrogens with zero attached hydrogens (tertiary/aromatic N) is 4. The molecule has 6 nitrogen and oxygen atoms in total. The molecule has 8 heteroatoms. The van der Waals surface area contributed by atoms with Crippen molar-refractivity contribution in [3.63, 3.8) is 0 Å². The number of allylic oxidation sites excluding steroid dienone is 4. The van der Waals surface area contributed by atoms with Gasteiger partial charge >= 0.3 is 0 Å². The van der Waals surface area contributed by atoms with E-state index < -0.39 is 0 Å². The van der Waals surface area contributed by atoms with Crippen molar-refractivity contribution < 1.29 is 19.0 Å². The number of hydrogen-bond donors (Lipinski definition) is 2. The van der Waals surface area contributed by atoms with Gasteiger partial charge in [-0.1, -0.05) is 44.6 Å². The lowest BCUT2D eigenvalue weighted by Crippen LogP contribution is -2.36. The Morgan fingerprint density at radius 3 is 1.45 bits per heavy atom. The predicted molar refractivity (Wildman–Crippen MR) is 210 cm³/mol. The number of aliphatic hydroxyl groups is 2. The van der Waals surface area contributed by atoms with Gasteiger partial charge in [-0.05, 0) is 159 Å². The molecule has 2 saturated carbocycles. The van der Waals surface area contributed by atoms with Crippen LogP contribution in [-0.2, 0) is 12.8 Å². The van der Waals surface area contributed by atoms with E-state index in [2.05, 4.69) is 49.4 Å². The third-order valence-electron chi connectivity index (χ3n) is 12.5. The highest BCUT2D eigenvalue weighted by atomic mass is 19.1. The number of benzene rings is 2. The van der Waals surface area contributed by atoms with E-state index in [9.17, 15) is 19.0 Å². The Morgan fingerprint density at radius 1 is 0.717 bits per heavy atom. The molecule has 0 radical (unpaired) electrons. The lowest BCUT2D eigenvalue weighted by Gasteiger charge is -2.38. The summed E-state index contributed by atoms with van der Waals surface area (Å²) < 4.78 is 30.2. The maximum Gasteiger partial charge on any atom is 0.123 e. The van der Waals surface area contributed by atoms with E-state index in [0.717, 1.165) is 87.0 Å². The van der Waals surface area contributed by atoms with Crippen molar-refractivity contribution >= 4 is 12.2 Å². The van der Waals surface area contributed by atoms with Crippen LogP contribution in [0.4, 0.5) is 8.78 Å². The second kappa shape index (κ2) is 15.5. The van der Waals surface area contributed by atoms with E-state index in [0.29, 0.717) is 0 Å². The topological polar surface area (TPSA) is 76.1 Å². The van der Waals surface area contributed by atoms with E-state index in [4.69, 9.17) is 0 Å². The van der Waals surface area contributed by atoms with Crippen molar-refractivity contribution in [2.45, 2.75) is 97.7 Å². The zero-order valence-corrected chi connectivity index (χ0v) is 30.3. The summed E-state index contributed by atoms with van der Waals surface area (Å²) in [6.45, 7) is 12.1. The molecular weight excluding hydrogens is 667 g/mol. The predicted octanol–water partition coefficient (Wildman–Crippen LogP) is 10.0. The van der Waals surface area contributed by atoms with Crippen LogP contribution in [0.1, 0.15) is 95.2 Å². The van der Waals surface area contributed by atoms with Gasteiger partial charge in [0.1, 0.15) is 11.6 Å². The normalized spacial score (nSPS) is 24.9. The monoisotopic (exact) mass is 720 g/mol. The van der Waals surface area contributed by atoms with Gasteiger partial charge in [-0.3, -0.25) is 0 Å². The maximum atomic E-state index is 13.2. The Labute approximate surface area is 313 Å². The quantitative estimate of drug-likeness (QED) is 0.160. The molecule has 53 heavy (non-hydrogen) atoms. The fourth-order valence-corrected chi connectivity index (χ4v) is 9.54. The molecular formula is C45H54F2N4O2. The van der Waals surface area contributed by atoms with Gasteiger partial charge in [0.2, 0.25) is 0 Å². The molecule has 4 aliphatic carbocycles. The summed E-state index contributed by atoms with van der Waals surface area (Å²) in [6.07, 6.45) is 20.6. The molecule has 280 valence electrons. The van der Waals surface area contributed by atoms with Gasteiger partial charge in [0.05, 0.1) is 47.4 Å². The molecule has 6 atom stereocenters. The molecule has 8 rings (SSSR count). The zero-order valence-electron chi connectivity index (χ0n) is 30.3. The second-order valence-corrected chi connectivity index (χ2v) is 15.6. The average molecular weight is 721 g/mol. The number of aliphatic hydroxyl groups excluding tert-OH is 2. The molecule has 4 aliphatic rings. The minimum Gasteiger partial charge on any atom is -0.393 e. The van der Waals surface area contributed by atoms with E-state index in [1.165, 1.54) is 46.5 Å². The van der Waals surface area contributed by atoms with Crippen molar-refractivity contribution in [2.24, 2.45) is 22.7 Å². The Bertz CT molecular complexity index is 1850. The van der Waals surface area contributed by atoms with Gasteiger partial charge in [-0.25, -0.2) is 18.1 Å². The van der Waals surface area contributed by atoms with Crippen LogP contribution < -0.4 is 0 Å². The number of fused-ring (bicyclic) bond motifs is 4. The van der Waals surface area contributed by atoms with E-state index in [1.807, 2.05) is 33.9 Å². The molecule has 2 fully saturated rings. The highest BCUT2D eigenvalue weighted by Gasteiger charge is 2.49. The summed E-state index contributed by atoms with van der Waals surface area (Å²) in [5.41, 5.74) is 9.09. The van der Waals surface area contributed by atoms with Crippen LogP contribution in [0.3, 0.4) is 0 Å². The van der Waals surface area contributed by atoms with Crippen molar-refractivity contribution in [3.8, 4) is 11.4 Å². The van der Waals surface area contributed by atoms with Crippen molar-refractivity contribution in [1.82, 2.24) is 19.6 Å². The molecule has 0 bridgehead atoms. The maximum absolute atomic E-state index is 13.2. The number of hydrogen-bond acceptors (Lipinski definition) is 4. The largest absolute Gasteiger partial charge is 0.393 e. The van der Waals surface area contributed by atoms with Gasteiger partial charge in [0.25, 0.3) is 0 Å². The lowest BCUT2D eigenvalue weighted by molar-refractivity contribution is 0.0502. The second-order valence-electron chi connectivity index (χ2n) is 15.6. The first-order valence-electron chi connectivity index (χ1n) is 18.7. The Hall–Kier alpha value is -4.40. The van der Waals surface area contributed by atoms with Gasteiger partial charge < -0.3 is 10.2 Å². The van der Waals surface area contributed by atoms with E-state index >= 15 is 0 Å². The van der Waals surface area contributed by atoms with Gasteiger partial charge in [-0.2, -0.15) is 10.2 Å². The zero-order chi connectivity index (χ0) is 36.6. The lowest BCUT2D eigenvalue weighted by atomic mass is 9.67. The summed E-state index contributed by atoms with van der Waals surface area (Å²) in [5, 5.41) is 30.5. The average Bonchev–Trinajstić information content (AvgIpc) is 3.90. The fourth-order valence-electron chi connectivity index (χ4n) is 9.54. The first kappa shape index (κ1) is 38.3. The molecule has 4 aromatic rings. The summed E-state index contributed by atoms with van der Waals surface area (Å²) in [4.78, 5) is 0.